The highest BCUT2D eigenvalue weighted by molar-refractivity contribution is 8.01. The molecule has 0 saturated carbocycles. The molecule has 0 unspecified atom stereocenters. The summed E-state index contributed by atoms with van der Waals surface area (Å²) in [5.41, 5.74) is 1.000. The molecule has 4 rings (SSSR count). The predicted molar refractivity (Wildman–Crippen MR) is 114 cm³/mol. The molecule has 0 N–H and O–H groups in total. The first kappa shape index (κ1) is 21.8. The fourth-order valence-electron chi connectivity index (χ4n) is 2.97. The van der Waals surface area contributed by atoms with E-state index in [-0.39, 0.29) is 22.6 Å². The van der Waals surface area contributed by atoms with Crippen molar-refractivity contribution in [3.63, 3.8) is 0 Å². The lowest BCUT2D eigenvalue weighted by Crippen LogP contribution is -2.11. The Morgan fingerprint density at radius 3 is 2.75 bits per heavy atom. The van der Waals surface area contributed by atoms with Crippen LogP contribution in [-0.4, -0.2) is 25.4 Å². The predicted octanol–water partition coefficient (Wildman–Crippen LogP) is 5.61. The molecule has 0 amide bonds. The second-order valence-electron chi connectivity index (χ2n) is 6.54. The van der Waals surface area contributed by atoms with Crippen molar-refractivity contribution in [1.29, 1.82) is 0 Å². The average Bonchev–Trinajstić information content (AvgIpc) is 3.34. The van der Waals surface area contributed by atoms with Crippen molar-refractivity contribution >= 4 is 45.8 Å². The molecule has 0 aliphatic rings. The van der Waals surface area contributed by atoms with Crippen molar-refractivity contribution in [2.75, 3.05) is 0 Å². The molecule has 2 heterocycles. The number of hydrogen-bond acceptors (Lipinski definition) is 8. The number of imidazole rings is 1. The van der Waals surface area contributed by atoms with E-state index in [1.165, 1.54) is 29.5 Å². The van der Waals surface area contributed by atoms with Crippen LogP contribution in [0.15, 0.2) is 57.1 Å². The van der Waals surface area contributed by atoms with E-state index in [1.54, 1.807) is 18.2 Å². The molecule has 0 aliphatic carbocycles. The van der Waals surface area contributed by atoms with Crippen LogP contribution in [0.2, 0.25) is 0 Å². The molecule has 0 saturated heterocycles. The number of nitrogens with zero attached hydrogens (tertiary/aromatic N) is 4. The largest absolute Gasteiger partial charge is 0.454 e. The summed E-state index contributed by atoms with van der Waals surface area (Å²) in [5, 5.41) is 13.3. The zero-order chi connectivity index (χ0) is 22.8. The Kier molecular flexibility index (Phi) is 6.15. The molecule has 4 aromatic rings. The minimum Gasteiger partial charge on any atom is -0.454 e. The fraction of sp³-hybridized carbons (Fsp3) is 0.150. The Bertz CT molecular complexity index is 1320. The van der Waals surface area contributed by atoms with Crippen molar-refractivity contribution in [2.24, 2.45) is 0 Å². The molecule has 0 atom stereocenters. The van der Waals surface area contributed by atoms with Gasteiger partial charge in [-0.15, -0.1) is 11.3 Å². The number of fused-ring (bicyclic) bond motifs is 1. The summed E-state index contributed by atoms with van der Waals surface area (Å²) in [5.74, 6) is -1.02. The molecule has 0 aliphatic heterocycles. The zero-order valence-electron chi connectivity index (χ0n) is 16.4. The van der Waals surface area contributed by atoms with E-state index in [9.17, 15) is 23.7 Å². The van der Waals surface area contributed by atoms with Crippen LogP contribution in [0.4, 0.5) is 14.5 Å². The Balaban J connectivity index is 1.55. The van der Waals surface area contributed by atoms with Gasteiger partial charge in [-0.25, -0.2) is 14.8 Å². The van der Waals surface area contributed by atoms with Crippen LogP contribution >= 0.6 is 23.1 Å². The number of carbonyl (C=O) groups is 1. The first-order valence-electron chi connectivity index (χ1n) is 9.13. The quantitative estimate of drug-likeness (QED) is 0.194. The van der Waals surface area contributed by atoms with E-state index in [4.69, 9.17) is 4.74 Å². The zero-order valence-corrected chi connectivity index (χ0v) is 18.0. The number of ether oxygens (including phenoxy) is 1. The van der Waals surface area contributed by atoms with Gasteiger partial charge in [-0.3, -0.25) is 14.7 Å². The van der Waals surface area contributed by atoms with E-state index in [0.29, 0.717) is 19.3 Å². The van der Waals surface area contributed by atoms with Gasteiger partial charge in [-0.1, -0.05) is 23.9 Å². The Labute approximate surface area is 188 Å². The number of aromatic nitrogens is 3. The van der Waals surface area contributed by atoms with Gasteiger partial charge in [-0.05, 0) is 31.2 Å². The van der Waals surface area contributed by atoms with Gasteiger partial charge >= 0.3 is 12.5 Å². The summed E-state index contributed by atoms with van der Waals surface area (Å²) in [6, 6.07) is 10.2. The molecule has 0 radical (unpaired) electrons. The summed E-state index contributed by atoms with van der Waals surface area (Å²) in [4.78, 5) is 32.1. The molecular weight excluding hydrogens is 462 g/mol. The summed E-state index contributed by atoms with van der Waals surface area (Å²) in [7, 11) is 0. The number of halogens is 2. The number of nitro benzene ring substituents is 1. The van der Waals surface area contributed by atoms with Gasteiger partial charge in [0, 0.05) is 17.1 Å². The molecule has 0 fully saturated rings. The smallest absolute Gasteiger partial charge is 0.338 e. The summed E-state index contributed by atoms with van der Waals surface area (Å²) in [6.07, 6.45) is 0. The number of nitro groups is 1. The number of benzene rings is 2. The van der Waals surface area contributed by atoms with Crippen molar-refractivity contribution in [1.82, 2.24) is 14.5 Å². The number of thiazole rings is 1. The first-order chi connectivity index (χ1) is 15.3. The van der Waals surface area contributed by atoms with Crippen LogP contribution in [0, 0.1) is 17.0 Å². The summed E-state index contributed by atoms with van der Waals surface area (Å²) < 4.78 is 33.5. The number of para-hydroxylation sites is 2. The third kappa shape index (κ3) is 4.46. The van der Waals surface area contributed by atoms with Gasteiger partial charge < -0.3 is 4.74 Å². The topological polar surface area (TPSA) is 100 Å². The van der Waals surface area contributed by atoms with Crippen molar-refractivity contribution in [3.8, 4) is 0 Å². The molecule has 0 bridgehead atoms. The normalized spacial score (nSPS) is 11.2. The van der Waals surface area contributed by atoms with Gasteiger partial charge in [-0.2, -0.15) is 8.78 Å². The Morgan fingerprint density at radius 1 is 1.28 bits per heavy atom. The average molecular weight is 476 g/mol. The van der Waals surface area contributed by atoms with Crippen molar-refractivity contribution in [3.05, 3.63) is 75.0 Å². The molecule has 2 aromatic heterocycles. The Morgan fingerprint density at radius 2 is 2.06 bits per heavy atom. The maximum Gasteiger partial charge on any atom is 0.338 e. The van der Waals surface area contributed by atoms with Crippen molar-refractivity contribution < 1.29 is 23.2 Å². The minimum absolute atomic E-state index is 0.0731. The monoisotopic (exact) mass is 476 g/mol. The number of alkyl halides is 2. The highest BCUT2D eigenvalue weighted by Gasteiger charge is 2.22. The van der Waals surface area contributed by atoms with Crippen LogP contribution in [0.25, 0.3) is 11.0 Å². The van der Waals surface area contributed by atoms with Gasteiger partial charge in [0.2, 0.25) is 0 Å². The standard InChI is InChI=1S/C20H14F2N4O4S2/c1-11-10-31-20(23-11)32-16-7-6-12(8-15(16)26(28)29)18(27)30-9-17-24-13-4-2-3-5-14(13)25(17)19(21)22/h2-8,10,19H,9H2,1H3. The van der Waals surface area contributed by atoms with Gasteiger partial charge in [0.05, 0.1) is 26.4 Å². The number of rotatable bonds is 7. The SMILES string of the molecule is Cc1csc(Sc2ccc(C(=O)OCc3nc4ccccc4n3C(F)F)cc2[N+](=O)[O-])n1. The lowest BCUT2D eigenvalue weighted by molar-refractivity contribution is -0.387. The number of carbonyl (C=O) groups excluding carboxylic acids is 1. The van der Waals surface area contributed by atoms with E-state index in [1.807, 2.05) is 12.3 Å². The third-order valence-corrected chi connectivity index (χ3v) is 6.50. The molecule has 12 heteroatoms. The first-order valence-corrected chi connectivity index (χ1v) is 10.8. The van der Waals surface area contributed by atoms with E-state index in [0.717, 1.165) is 23.5 Å². The molecule has 2 aromatic carbocycles. The molecule has 164 valence electrons. The van der Waals surface area contributed by atoms with E-state index in [2.05, 4.69) is 9.97 Å². The second kappa shape index (κ2) is 9.01. The van der Waals surface area contributed by atoms with Crippen molar-refractivity contribution in [2.45, 2.75) is 29.3 Å². The summed E-state index contributed by atoms with van der Waals surface area (Å²) in [6.45, 7) is -1.57. The number of esters is 1. The lowest BCUT2D eigenvalue weighted by Gasteiger charge is -2.09. The Hall–Kier alpha value is -3.38. The lowest BCUT2D eigenvalue weighted by atomic mass is 10.2. The minimum atomic E-state index is -2.87. The van der Waals surface area contributed by atoms with Gasteiger partial charge in [0.15, 0.2) is 10.2 Å². The maximum atomic E-state index is 13.5. The van der Waals surface area contributed by atoms with Crippen LogP contribution in [0.1, 0.15) is 28.4 Å². The number of aryl methyl sites for hydroxylation is 1. The number of hydrogen-bond donors (Lipinski definition) is 0. The van der Waals surface area contributed by atoms with Gasteiger partial charge in [0.1, 0.15) is 6.61 Å². The highest BCUT2D eigenvalue weighted by atomic mass is 32.2. The highest BCUT2D eigenvalue weighted by Crippen LogP contribution is 2.37. The molecule has 8 nitrogen and oxygen atoms in total. The maximum absolute atomic E-state index is 13.5. The van der Waals surface area contributed by atoms with E-state index < -0.39 is 24.0 Å². The van der Waals surface area contributed by atoms with Crippen LogP contribution in [0.5, 0.6) is 0 Å². The van der Waals surface area contributed by atoms with Crippen LogP contribution < -0.4 is 0 Å². The van der Waals surface area contributed by atoms with E-state index >= 15 is 0 Å². The molecule has 0 spiro atoms. The summed E-state index contributed by atoms with van der Waals surface area (Å²) >= 11 is 2.47. The van der Waals surface area contributed by atoms with Crippen LogP contribution in [-0.2, 0) is 11.3 Å². The molecule has 32 heavy (non-hydrogen) atoms. The van der Waals surface area contributed by atoms with Gasteiger partial charge in [0.25, 0.3) is 5.69 Å². The van der Waals surface area contributed by atoms with Crippen LogP contribution in [0.3, 0.4) is 0 Å². The molecular formula is C20H14F2N4O4S2. The second-order valence-corrected chi connectivity index (χ2v) is 8.68. The fourth-order valence-corrected chi connectivity index (χ4v) is 4.85. The third-order valence-electron chi connectivity index (χ3n) is 4.38.